The van der Waals surface area contributed by atoms with Crippen LogP contribution >= 0.6 is 12.6 Å². The monoisotopic (exact) mass is 243 g/mol. The molecule has 2 rings (SSSR count). The van der Waals surface area contributed by atoms with E-state index in [0.29, 0.717) is 18.6 Å². The van der Waals surface area contributed by atoms with E-state index in [1.54, 1.807) is 0 Å². The molecule has 92 valence electrons. The Labute approximate surface area is 103 Å². The normalized spacial score (nSPS) is 31.6. The number of ether oxygens (including phenoxy) is 1. The van der Waals surface area contributed by atoms with E-state index < -0.39 is 0 Å². The summed E-state index contributed by atoms with van der Waals surface area (Å²) < 4.78 is 5.70. The number of hydrogen-bond acceptors (Lipinski definition) is 3. The van der Waals surface area contributed by atoms with Crippen LogP contribution in [0.25, 0.3) is 0 Å². The van der Waals surface area contributed by atoms with E-state index in [4.69, 9.17) is 4.74 Å². The molecule has 3 unspecified atom stereocenters. The van der Waals surface area contributed by atoms with E-state index in [1.807, 2.05) is 18.7 Å². The molecule has 0 bridgehead atoms. The first kappa shape index (κ1) is 12.2. The maximum Gasteiger partial charge on any atom is 0.236 e. The molecule has 1 aliphatic heterocycles. The molecule has 1 saturated heterocycles. The molecule has 0 radical (unpaired) electrons. The van der Waals surface area contributed by atoms with Crippen molar-refractivity contribution in [3.05, 3.63) is 0 Å². The van der Waals surface area contributed by atoms with Gasteiger partial charge in [-0.15, -0.1) is 0 Å². The fourth-order valence-electron chi connectivity index (χ4n) is 2.65. The molecule has 0 aromatic rings. The van der Waals surface area contributed by atoms with Gasteiger partial charge in [-0.3, -0.25) is 4.79 Å². The quantitative estimate of drug-likeness (QED) is 0.748. The third kappa shape index (κ3) is 2.23. The number of amides is 1. The zero-order valence-corrected chi connectivity index (χ0v) is 11.0. The molecule has 16 heavy (non-hydrogen) atoms. The summed E-state index contributed by atoms with van der Waals surface area (Å²) in [6.07, 6.45) is 3.66. The molecule has 0 aromatic carbocycles. The van der Waals surface area contributed by atoms with Crippen molar-refractivity contribution >= 4 is 18.5 Å². The minimum absolute atomic E-state index is 0.167. The molecule has 4 heteroatoms. The number of carbonyl (C=O) groups is 1. The Hall–Kier alpha value is -0.220. The van der Waals surface area contributed by atoms with E-state index in [2.05, 4.69) is 12.6 Å². The number of carbonyl (C=O) groups excluding carboxylic acids is 1. The van der Waals surface area contributed by atoms with E-state index in [-0.39, 0.29) is 17.3 Å². The van der Waals surface area contributed by atoms with Crippen LogP contribution in [0.3, 0.4) is 0 Å². The predicted molar refractivity (Wildman–Crippen MR) is 66.7 cm³/mol. The van der Waals surface area contributed by atoms with Gasteiger partial charge in [0.2, 0.25) is 5.91 Å². The van der Waals surface area contributed by atoms with Crippen molar-refractivity contribution in [1.82, 2.24) is 4.90 Å². The first-order valence-electron chi connectivity index (χ1n) is 6.21. The summed E-state index contributed by atoms with van der Waals surface area (Å²) >= 11 is 4.43. The molecule has 0 aromatic heterocycles. The molecule has 2 fully saturated rings. The minimum Gasteiger partial charge on any atom is -0.374 e. The first-order valence-corrected chi connectivity index (χ1v) is 6.73. The van der Waals surface area contributed by atoms with Gasteiger partial charge in [0, 0.05) is 6.54 Å². The molecule has 1 amide bonds. The SMILES string of the molecule is CC(C)C(S)C(=O)N1CCOC2CCCC21. The molecule has 0 spiro atoms. The van der Waals surface area contributed by atoms with Crippen LogP contribution in [-0.2, 0) is 9.53 Å². The zero-order valence-electron chi connectivity index (χ0n) is 10.1. The highest BCUT2D eigenvalue weighted by molar-refractivity contribution is 7.81. The Morgan fingerprint density at radius 1 is 1.44 bits per heavy atom. The van der Waals surface area contributed by atoms with Crippen molar-refractivity contribution in [2.24, 2.45) is 5.92 Å². The van der Waals surface area contributed by atoms with Crippen molar-refractivity contribution in [3.8, 4) is 0 Å². The molecule has 0 N–H and O–H groups in total. The largest absolute Gasteiger partial charge is 0.374 e. The summed E-state index contributed by atoms with van der Waals surface area (Å²) in [7, 11) is 0. The Bertz CT molecular complexity index is 270. The third-order valence-corrected chi connectivity index (χ3v) is 4.47. The molecule has 3 atom stereocenters. The van der Waals surface area contributed by atoms with Crippen molar-refractivity contribution < 1.29 is 9.53 Å². The third-order valence-electron chi connectivity index (χ3n) is 3.65. The van der Waals surface area contributed by atoms with E-state index in [1.165, 1.54) is 6.42 Å². The Morgan fingerprint density at radius 3 is 2.88 bits per heavy atom. The molecule has 1 heterocycles. The van der Waals surface area contributed by atoms with Crippen LogP contribution in [0.2, 0.25) is 0 Å². The standard InChI is InChI=1S/C12H21NO2S/c1-8(2)11(16)12(14)13-6-7-15-10-5-3-4-9(10)13/h8-11,16H,3-7H2,1-2H3. The zero-order chi connectivity index (χ0) is 11.7. The lowest BCUT2D eigenvalue weighted by Gasteiger charge is -2.39. The van der Waals surface area contributed by atoms with Gasteiger partial charge >= 0.3 is 0 Å². The van der Waals surface area contributed by atoms with Crippen molar-refractivity contribution in [2.75, 3.05) is 13.2 Å². The van der Waals surface area contributed by atoms with Gasteiger partial charge in [0.25, 0.3) is 0 Å². The Kier molecular flexibility index (Phi) is 3.80. The molecule has 3 nitrogen and oxygen atoms in total. The number of fused-ring (bicyclic) bond motifs is 1. The molecule has 2 aliphatic rings. The van der Waals surface area contributed by atoms with Crippen LogP contribution in [0.5, 0.6) is 0 Å². The topological polar surface area (TPSA) is 29.5 Å². The fourth-order valence-corrected chi connectivity index (χ4v) is 2.80. The number of hydrogen-bond donors (Lipinski definition) is 1. The Morgan fingerprint density at radius 2 is 2.19 bits per heavy atom. The van der Waals surface area contributed by atoms with Crippen LogP contribution in [0.4, 0.5) is 0 Å². The van der Waals surface area contributed by atoms with Gasteiger partial charge in [-0.05, 0) is 25.2 Å². The van der Waals surface area contributed by atoms with Gasteiger partial charge < -0.3 is 9.64 Å². The maximum absolute atomic E-state index is 12.3. The van der Waals surface area contributed by atoms with Gasteiger partial charge in [-0.25, -0.2) is 0 Å². The molecular formula is C12H21NO2S. The number of morpholine rings is 1. The highest BCUT2D eigenvalue weighted by atomic mass is 32.1. The van der Waals surface area contributed by atoms with Gasteiger partial charge in [0.15, 0.2) is 0 Å². The number of rotatable bonds is 2. The minimum atomic E-state index is -0.167. The van der Waals surface area contributed by atoms with E-state index >= 15 is 0 Å². The average Bonchev–Trinajstić information content (AvgIpc) is 2.74. The number of nitrogens with zero attached hydrogens (tertiary/aromatic N) is 1. The smallest absolute Gasteiger partial charge is 0.236 e. The van der Waals surface area contributed by atoms with E-state index in [9.17, 15) is 4.79 Å². The van der Waals surface area contributed by atoms with Crippen LogP contribution in [-0.4, -0.2) is 41.4 Å². The fraction of sp³-hybridized carbons (Fsp3) is 0.917. The van der Waals surface area contributed by atoms with Gasteiger partial charge in [0.1, 0.15) is 0 Å². The molecule has 1 saturated carbocycles. The second-order valence-electron chi connectivity index (χ2n) is 5.13. The first-order chi connectivity index (χ1) is 7.61. The van der Waals surface area contributed by atoms with Crippen molar-refractivity contribution in [1.29, 1.82) is 0 Å². The van der Waals surface area contributed by atoms with Crippen LogP contribution in [0.15, 0.2) is 0 Å². The second kappa shape index (κ2) is 4.96. The lowest BCUT2D eigenvalue weighted by Crippen LogP contribution is -2.54. The van der Waals surface area contributed by atoms with E-state index in [0.717, 1.165) is 19.4 Å². The summed E-state index contributed by atoms with van der Waals surface area (Å²) in [6.45, 7) is 5.51. The van der Waals surface area contributed by atoms with Gasteiger partial charge in [-0.2, -0.15) is 12.6 Å². The highest BCUT2D eigenvalue weighted by Crippen LogP contribution is 2.31. The maximum atomic E-state index is 12.3. The van der Waals surface area contributed by atoms with Crippen LogP contribution in [0, 0.1) is 5.92 Å². The van der Waals surface area contributed by atoms with Crippen LogP contribution in [0.1, 0.15) is 33.1 Å². The lowest BCUT2D eigenvalue weighted by molar-refractivity contribution is -0.144. The Balaban J connectivity index is 2.05. The number of thiol groups is 1. The predicted octanol–water partition coefficient (Wildman–Crippen LogP) is 1.72. The average molecular weight is 243 g/mol. The summed E-state index contributed by atoms with van der Waals surface area (Å²) in [6, 6.07) is 0.314. The second-order valence-corrected chi connectivity index (χ2v) is 5.68. The summed E-state index contributed by atoms with van der Waals surface area (Å²) in [5.41, 5.74) is 0. The van der Waals surface area contributed by atoms with Crippen LogP contribution < -0.4 is 0 Å². The summed E-state index contributed by atoms with van der Waals surface area (Å²) in [5, 5.41) is -0.167. The van der Waals surface area contributed by atoms with Crippen molar-refractivity contribution in [2.45, 2.75) is 50.5 Å². The summed E-state index contributed by atoms with van der Waals surface area (Å²) in [4.78, 5) is 14.3. The molecule has 1 aliphatic carbocycles. The lowest BCUT2D eigenvalue weighted by atomic mass is 10.1. The van der Waals surface area contributed by atoms with Crippen molar-refractivity contribution in [3.63, 3.8) is 0 Å². The molecular weight excluding hydrogens is 222 g/mol. The highest BCUT2D eigenvalue weighted by Gasteiger charge is 2.39. The van der Waals surface area contributed by atoms with Gasteiger partial charge in [-0.1, -0.05) is 13.8 Å². The van der Waals surface area contributed by atoms with Gasteiger partial charge in [0.05, 0.1) is 24.0 Å². The summed E-state index contributed by atoms with van der Waals surface area (Å²) in [5.74, 6) is 0.483.